The Labute approximate surface area is 651 Å². The van der Waals surface area contributed by atoms with Crippen molar-refractivity contribution in [2.75, 3.05) is 39.6 Å². The molecule has 0 aromatic carbocycles. The van der Waals surface area contributed by atoms with E-state index in [0.717, 1.165) is 108 Å². The van der Waals surface area contributed by atoms with Gasteiger partial charge in [-0.2, -0.15) is 0 Å². The van der Waals surface area contributed by atoms with Gasteiger partial charge < -0.3 is 33.8 Å². The van der Waals surface area contributed by atoms with Crippen LogP contribution < -0.4 is 0 Å². The van der Waals surface area contributed by atoms with Crippen LogP contribution >= 0.6 is 15.6 Å². The first-order valence-electron chi connectivity index (χ1n) is 44.8. The summed E-state index contributed by atoms with van der Waals surface area (Å²) in [6, 6.07) is 0. The van der Waals surface area contributed by atoms with E-state index in [1.807, 2.05) is 0 Å². The van der Waals surface area contributed by atoms with Crippen LogP contribution in [0.3, 0.4) is 0 Å². The van der Waals surface area contributed by atoms with Crippen LogP contribution in [-0.2, 0) is 65.4 Å². The molecule has 0 aliphatic heterocycles. The van der Waals surface area contributed by atoms with Gasteiger partial charge in [0.15, 0.2) is 12.2 Å². The molecule has 0 fully saturated rings. The number of carbonyl (C=O) groups is 4. The SMILES string of the molecule is CCCCCCCCCCCCCCCCCCC(=O)O[C@H](COC(=O)CCCCCCCCCCC(C)C)COP(=O)(O)OC[C@H](O)COP(=O)(O)OC[C@@H](COC(=O)CCCCCCCCCCCCCCCCCC(C)C)OC(=O)CCCCCCCCCCCCCCCCCCCCC(C)C. The van der Waals surface area contributed by atoms with E-state index >= 15 is 0 Å². The van der Waals surface area contributed by atoms with E-state index in [2.05, 4.69) is 48.5 Å². The van der Waals surface area contributed by atoms with Crippen LogP contribution in [0.1, 0.15) is 459 Å². The topological polar surface area (TPSA) is 237 Å². The fourth-order valence-electron chi connectivity index (χ4n) is 13.5. The third-order valence-electron chi connectivity index (χ3n) is 20.4. The van der Waals surface area contributed by atoms with E-state index in [-0.39, 0.29) is 25.7 Å². The molecule has 0 aliphatic rings. The van der Waals surface area contributed by atoms with Crippen LogP contribution in [0.25, 0.3) is 0 Å². The highest BCUT2D eigenvalue weighted by atomic mass is 31.2. The number of phosphoric acid groups is 2. The number of aliphatic hydroxyl groups excluding tert-OH is 1. The summed E-state index contributed by atoms with van der Waals surface area (Å²) in [5, 5.41) is 10.7. The van der Waals surface area contributed by atoms with E-state index in [4.69, 9.17) is 37.0 Å². The van der Waals surface area contributed by atoms with Crippen molar-refractivity contribution in [3.8, 4) is 0 Å². The Balaban J connectivity index is 5.24. The number of rotatable bonds is 85. The minimum absolute atomic E-state index is 0.108. The number of unbranched alkanes of at least 4 members (excludes halogenated alkanes) is 53. The van der Waals surface area contributed by atoms with Crippen LogP contribution in [-0.4, -0.2) is 96.7 Å². The Morgan fingerprint density at radius 2 is 0.434 bits per heavy atom. The normalized spacial score (nSPS) is 13.9. The van der Waals surface area contributed by atoms with Gasteiger partial charge in [-0.3, -0.25) is 37.3 Å². The third-order valence-corrected chi connectivity index (χ3v) is 22.3. The van der Waals surface area contributed by atoms with E-state index in [9.17, 15) is 43.2 Å². The van der Waals surface area contributed by atoms with Gasteiger partial charge in [0.05, 0.1) is 26.4 Å². The van der Waals surface area contributed by atoms with Gasteiger partial charge >= 0.3 is 39.5 Å². The molecule has 0 radical (unpaired) electrons. The number of carbonyl (C=O) groups excluding carboxylic acids is 4. The molecule has 5 atom stereocenters. The lowest BCUT2D eigenvalue weighted by molar-refractivity contribution is -0.161. The van der Waals surface area contributed by atoms with Crippen molar-refractivity contribution in [3.63, 3.8) is 0 Å². The molecule has 0 aromatic rings. The number of hydrogen-bond acceptors (Lipinski definition) is 15. The van der Waals surface area contributed by atoms with Gasteiger partial charge in [-0.05, 0) is 43.4 Å². The van der Waals surface area contributed by atoms with Gasteiger partial charge in [-0.15, -0.1) is 0 Å². The van der Waals surface area contributed by atoms with Crippen molar-refractivity contribution < 1.29 is 80.2 Å². The second kappa shape index (κ2) is 77.0. The first-order valence-corrected chi connectivity index (χ1v) is 47.8. The standard InChI is InChI=1S/C87H170O17P2/c1-8-9-10-11-12-13-14-15-16-24-30-35-40-49-56-63-70-87(92)104-83(75-98-85(90)69-62-55-48-43-42-46-53-60-67-80(6)7)77-102-106(95,96)100-73-81(88)72-99-105(93,94)101-76-82(74-97-84(89)68-61-54-47-39-34-29-26-21-23-28-33-38-45-52-59-66-79(4)5)103-86(91)71-64-57-50-41-36-31-25-20-18-17-19-22-27-32-37-44-51-58-65-78(2)3/h78-83,88H,8-77H2,1-7H3,(H,93,94)(H,95,96)/t81-,82-,83-/m1/s1. The molecule has 0 bridgehead atoms. The largest absolute Gasteiger partial charge is 0.472 e. The monoisotopic (exact) mass is 1550 g/mol. The summed E-state index contributed by atoms with van der Waals surface area (Å²) in [6.07, 6.45) is 68.1. The van der Waals surface area contributed by atoms with E-state index in [0.29, 0.717) is 25.7 Å². The fourth-order valence-corrected chi connectivity index (χ4v) is 15.1. The summed E-state index contributed by atoms with van der Waals surface area (Å²) in [5.74, 6) is 0.250. The predicted molar refractivity (Wildman–Crippen MR) is 437 cm³/mol. The van der Waals surface area contributed by atoms with Crippen molar-refractivity contribution >= 4 is 39.5 Å². The maximum atomic E-state index is 13.2. The van der Waals surface area contributed by atoms with Gasteiger partial charge in [-0.25, -0.2) is 9.13 Å². The Morgan fingerprint density at radius 1 is 0.255 bits per heavy atom. The highest BCUT2D eigenvalue weighted by Crippen LogP contribution is 2.45. The first kappa shape index (κ1) is 104. The molecular formula is C87H170O17P2. The molecule has 0 amide bonds. The molecule has 17 nitrogen and oxygen atoms in total. The van der Waals surface area contributed by atoms with Crippen LogP contribution in [0.15, 0.2) is 0 Å². The van der Waals surface area contributed by atoms with Crippen LogP contribution in [0.2, 0.25) is 0 Å². The Hall–Kier alpha value is -1.94. The smallest absolute Gasteiger partial charge is 0.462 e. The van der Waals surface area contributed by atoms with Crippen LogP contribution in [0.4, 0.5) is 0 Å². The average Bonchev–Trinajstić information content (AvgIpc) is 0.906. The quantitative estimate of drug-likeness (QED) is 0.0222. The van der Waals surface area contributed by atoms with Crippen molar-refractivity contribution in [2.24, 2.45) is 17.8 Å². The lowest BCUT2D eigenvalue weighted by Crippen LogP contribution is -2.30. The second-order valence-electron chi connectivity index (χ2n) is 32.7. The van der Waals surface area contributed by atoms with Crippen molar-refractivity contribution in [1.29, 1.82) is 0 Å². The summed E-state index contributed by atoms with van der Waals surface area (Å²) >= 11 is 0. The van der Waals surface area contributed by atoms with Gasteiger partial charge in [0, 0.05) is 25.7 Å². The molecular weight excluding hydrogens is 1380 g/mol. The van der Waals surface area contributed by atoms with Gasteiger partial charge in [-0.1, -0.05) is 408 Å². The van der Waals surface area contributed by atoms with Crippen LogP contribution in [0.5, 0.6) is 0 Å². The minimum atomic E-state index is -4.97. The third kappa shape index (κ3) is 80.1. The molecule has 0 spiro atoms. The lowest BCUT2D eigenvalue weighted by atomic mass is 10.0. The molecule has 0 aliphatic carbocycles. The minimum Gasteiger partial charge on any atom is -0.462 e. The zero-order valence-electron chi connectivity index (χ0n) is 69.9. The highest BCUT2D eigenvalue weighted by molar-refractivity contribution is 7.47. The summed E-state index contributed by atoms with van der Waals surface area (Å²) in [4.78, 5) is 73.3. The number of esters is 4. The molecule has 630 valence electrons. The van der Waals surface area contributed by atoms with Crippen molar-refractivity contribution in [3.05, 3.63) is 0 Å². The van der Waals surface area contributed by atoms with Gasteiger partial charge in [0.25, 0.3) is 0 Å². The number of ether oxygens (including phenoxy) is 4. The Bertz CT molecular complexity index is 2040. The molecule has 106 heavy (non-hydrogen) atoms. The van der Waals surface area contributed by atoms with Gasteiger partial charge in [0.2, 0.25) is 0 Å². The van der Waals surface area contributed by atoms with Crippen LogP contribution in [0, 0.1) is 17.8 Å². The Kier molecular flexibility index (Phi) is 75.6. The molecule has 0 rings (SSSR count). The maximum Gasteiger partial charge on any atom is 0.472 e. The second-order valence-corrected chi connectivity index (χ2v) is 35.6. The molecule has 0 aromatic heterocycles. The van der Waals surface area contributed by atoms with E-state index in [1.165, 1.54) is 270 Å². The van der Waals surface area contributed by atoms with E-state index < -0.39 is 97.5 Å². The average molecular weight is 1550 g/mol. The zero-order valence-corrected chi connectivity index (χ0v) is 71.7. The molecule has 0 heterocycles. The lowest BCUT2D eigenvalue weighted by Gasteiger charge is -2.21. The van der Waals surface area contributed by atoms with E-state index in [1.54, 1.807) is 0 Å². The Morgan fingerprint density at radius 3 is 0.642 bits per heavy atom. The van der Waals surface area contributed by atoms with Gasteiger partial charge in [0.1, 0.15) is 19.3 Å². The van der Waals surface area contributed by atoms with Crippen molar-refractivity contribution in [1.82, 2.24) is 0 Å². The summed E-state index contributed by atoms with van der Waals surface area (Å²) in [7, 11) is -9.93. The molecule has 19 heteroatoms. The molecule has 0 saturated heterocycles. The predicted octanol–water partition coefficient (Wildman–Crippen LogP) is 26.5. The number of aliphatic hydroxyl groups is 1. The summed E-state index contributed by atoms with van der Waals surface area (Å²) < 4.78 is 68.9. The zero-order chi connectivity index (χ0) is 77.9. The molecule has 0 saturated carbocycles. The first-order chi connectivity index (χ1) is 51.2. The summed E-state index contributed by atoms with van der Waals surface area (Å²) in [6.45, 7) is 12.0. The number of phosphoric ester groups is 2. The molecule has 3 N–H and O–H groups in total. The van der Waals surface area contributed by atoms with Crippen molar-refractivity contribution in [2.45, 2.75) is 478 Å². The highest BCUT2D eigenvalue weighted by Gasteiger charge is 2.30. The number of hydrogen-bond donors (Lipinski definition) is 3. The fraction of sp³-hybridized carbons (Fsp3) is 0.954. The summed E-state index contributed by atoms with van der Waals surface area (Å²) in [5.41, 5.74) is 0. The maximum absolute atomic E-state index is 13.2. The molecule has 2 unspecified atom stereocenters.